The van der Waals surface area contributed by atoms with Crippen LogP contribution in [0.1, 0.15) is 34.6 Å². The molecule has 1 aromatic carbocycles. The number of benzene rings is 1. The lowest BCUT2D eigenvalue weighted by Crippen LogP contribution is -2.49. The molecule has 0 heterocycles. The van der Waals surface area contributed by atoms with E-state index in [1.165, 1.54) is 7.05 Å². The maximum atomic E-state index is 12.7. The van der Waals surface area contributed by atoms with E-state index in [0.29, 0.717) is 10.7 Å². The molecule has 2 amide bonds. The summed E-state index contributed by atoms with van der Waals surface area (Å²) in [6.07, 6.45) is 0. The van der Waals surface area contributed by atoms with Crippen LogP contribution in [0.5, 0.6) is 0 Å². The molecule has 0 aromatic heterocycles. The van der Waals surface area contributed by atoms with Crippen molar-refractivity contribution in [2.45, 2.75) is 19.9 Å². The Labute approximate surface area is 180 Å². The van der Waals surface area contributed by atoms with E-state index >= 15 is 0 Å². The summed E-state index contributed by atoms with van der Waals surface area (Å²) in [4.78, 5) is 36.1. The highest BCUT2D eigenvalue weighted by atomic mass is 127. The molecule has 0 fully saturated rings. The highest BCUT2D eigenvalue weighted by molar-refractivity contribution is 14.1. The predicted octanol–water partition coefficient (Wildman–Crippen LogP) is 2.28. The minimum Gasteiger partial charge on any atom is -0.478 e. The highest BCUT2D eigenvalue weighted by Crippen LogP contribution is 2.33. The van der Waals surface area contributed by atoms with Crippen LogP contribution >= 0.6 is 67.8 Å². The molecule has 0 spiro atoms. The quantitative estimate of drug-likeness (QED) is 0.283. The molecule has 1 unspecified atom stereocenters. The number of nitrogens with one attached hydrogen (secondary N) is 2. The molecule has 0 saturated heterocycles. The van der Waals surface area contributed by atoms with Gasteiger partial charge in [0, 0.05) is 10.6 Å². The van der Waals surface area contributed by atoms with Gasteiger partial charge >= 0.3 is 5.97 Å². The Morgan fingerprint density at radius 1 is 1.04 bits per heavy atom. The van der Waals surface area contributed by atoms with Crippen LogP contribution < -0.4 is 16.4 Å². The van der Waals surface area contributed by atoms with Crippen LogP contribution in [0.25, 0.3) is 0 Å². The van der Waals surface area contributed by atoms with E-state index in [9.17, 15) is 19.5 Å². The second kappa shape index (κ2) is 8.82. The molecule has 132 valence electrons. The van der Waals surface area contributed by atoms with Gasteiger partial charge in [0.15, 0.2) is 0 Å². The number of anilines is 1. The first-order valence-corrected chi connectivity index (χ1v) is 9.99. The third-order valence-electron chi connectivity index (χ3n) is 3.27. The van der Waals surface area contributed by atoms with Gasteiger partial charge in [-0.15, -0.1) is 0 Å². The van der Waals surface area contributed by atoms with Crippen LogP contribution in [-0.4, -0.2) is 36.0 Å². The van der Waals surface area contributed by atoms with Crippen LogP contribution in [0.2, 0.25) is 0 Å². The number of nitrogen functional groups attached to an aromatic ring is 1. The monoisotopic (exact) mass is 671 g/mol. The van der Waals surface area contributed by atoms with Gasteiger partial charge in [-0.3, -0.25) is 9.59 Å². The lowest BCUT2D eigenvalue weighted by atomic mass is 10.0. The molecule has 1 rings (SSSR count). The van der Waals surface area contributed by atoms with E-state index < -0.39 is 17.9 Å². The number of rotatable bonds is 5. The first-order chi connectivity index (χ1) is 11.0. The Balaban J connectivity index is 3.43. The van der Waals surface area contributed by atoms with Gasteiger partial charge in [0.1, 0.15) is 6.04 Å². The number of hydrogen-bond acceptors (Lipinski definition) is 4. The summed E-state index contributed by atoms with van der Waals surface area (Å²) in [6.45, 7) is 3.61. The fourth-order valence-corrected chi connectivity index (χ4v) is 6.09. The number of aromatic carboxylic acids is 1. The maximum absolute atomic E-state index is 12.7. The summed E-state index contributed by atoms with van der Waals surface area (Å²) in [6, 6.07) is -0.733. The molecule has 0 aliphatic heterocycles. The minimum absolute atomic E-state index is 0.0136. The molecular weight excluding hydrogens is 655 g/mol. The lowest BCUT2D eigenvalue weighted by molar-refractivity contribution is -0.123. The summed E-state index contributed by atoms with van der Waals surface area (Å²) in [7, 11) is 1.49. The molecule has 1 aromatic rings. The Hall–Kier alpha value is -0.380. The molecule has 5 N–H and O–H groups in total. The number of carbonyl (C=O) groups is 3. The first kappa shape index (κ1) is 21.7. The number of halogens is 3. The van der Waals surface area contributed by atoms with E-state index in [4.69, 9.17) is 5.73 Å². The standard InChI is InChI=1S/C14H16I3N3O4/c1-4(2)11(13(22)19-3)20-12(21)5-7(15)6(14(23)24)9(17)10(18)8(5)16/h4,11H,18H2,1-3H3,(H,19,22)(H,20,21)(H,23,24). The Bertz CT molecular complexity index is 707. The number of amides is 2. The third-order valence-corrected chi connectivity index (χ3v) is 6.59. The van der Waals surface area contributed by atoms with Crippen molar-refractivity contribution in [2.24, 2.45) is 5.92 Å². The number of carboxylic acids is 1. The van der Waals surface area contributed by atoms with Gasteiger partial charge < -0.3 is 21.5 Å². The normalized spacial score (nSPS) is 12.0. The van der Waals surface area contributed by atoms with E-state index in [2.05, 4.69) is 10.6 Å². The second-order valence-corrected chi connectivity index (χ2v) is 8.46. The zero-order valence-corrected chi connectivity index (χ0v) is 19.5. The van der Waals surface area contributed by atoms with Crippen molar-refractivity contribution >= 4 is 91.2 Å². The Kier molecular flexibility index (Phi) is 7.96. The SMILES string of the molecule is CNC(=O)C(NC(=O)c1c(I)c(N)c(I)c(C(=O)O)c1I)C(C)C. The van der Waals surface area contributed by atoms with Crippen LogP contribution in [0.15, 0.2) is 0 Å². The fourth-order valence-electron chi connectivity index (χ4n) is 1.97. The molecule has 0 bridgehead atoms. The van der Waals surface area contributed by atoms with Crippen LogP contribution in [-0.2, 0) is 4.79 Å². The second-order valence-electron chi connectivity index (χ2n) is 5.22. The number of hydrogen-bond donors (Lipinski definition) is 4. The molecule has 0 radical (unpaired) electrons. The van der Waals surface area contributed by atoms with Gasteiger partial charge in [-0.25, -0.2) is 4.79 Å². The smallest absolute Gasteiger partial charge is 0.337 e. The third kappa shape index (κ3) is 4.42. The van der Waals surface area contributed by atoms with Gasteiger partial charge in [0.25, 0.3) is 5.91 Å². The van der Waals surface area contributed by atoms with E-state index in [0.717, 1.165) is 0 Å². The number of nitrogens with two attached hydrogens (primary N) is 1. The average Bonchev–Trinajstić information content (AvgIpc) is 2.49. The molecule has 0 aliphatic carbocycles. The predicted molar refractivity (Wildman–Crippen MR) is 116 cm³/mol. The van der Waals surface area contributed by atoms with Gasteiger partial charge in [-0.1, -0.05) is 13.8 Å². The zero-order chi connectivity index (χ0) is 18.8. The summed E-state index contributed by atoms with van der Waals surface area (Å²) < 4.78 is 1.14. The molecule has 7 nitrogen and oxygen atoms in total. The van der Waals surface area contributed by atoms with Crippen molar-refractivity contribution in [3.8, 4) is 0 Å². The molecular formula is C14H16I3N3O4. The van der Waals surface area contributed by atoms with Crippen molar-refractivity contribution in [3.05, 3.63) is 21.8 Å². The van der Waals surface area contributed by atoms with E-state index in [-0.39, 0.29) is 28.6 Å². The van der Waals surface area contributed by atoms with Crippen LogP contribution in [0.4, 0.5) is 5.69 Å². The molecule has 24 heavy (non-hydrogen) atoms. The van der Waals surface area contributed by atoms with Crippen LogP contribution in [0.3, 0.4) is 0 Å². The Morgan fingerprint density at radius 3 is 1.96 bits per heavy atom. The van der Waals surface area contributed by atoms with Gasteiger partial charge in [-0.2, -0.15) is 0 Å². The summed E-state index contributed by atoms with van der Waals surface area (Å²) in [5.41, 5.74) is 6.35. The number of likely N-dealkylation sites (N-methyl/N-ethyl adjacent to an activating group) is 1. The van der Waals surface area contributed by atoms with Crippen molar-refractivity contribution in [3.63, 3.8) is 0 Å². The van der Waals surface area contributed by atoms with Crippen molar-refractivity contribution in [1.29, 1.82) is 0 Å². The lowest BCUT2D eigenvalue weighted by Gasteiger charge is -2.22. The summed E-state index contributed by atoms with van der Waals surface area (Å²) in [5.74, 6) is -2.14. The number of carbonyl (C=O) groups excluding carboxylic acids is 2. The van der Waals surface area contributed by atoms with Crippen molar-refractivity contribution in [1.82, 2.24) is 10.6 Å². The number of carboxylic acid groups (broad SMARTS) is 1. The molecule has 0 saturated carbocycles. The molecule has 10 heteroatoms. The summed E-state index contributed by atoms with van der Waals surface area (Å²) in [5, 5.41) is 14.6. The van der Waals surface area contributed by atoms with Crippen molar-refractivity contribution in [2.75, 3.05) is 12.8 Å². The van der Waals surface area contributed by atoms with E-state index in [1.54, 1.807) is 13.8 Å². The highest BCUT2D eigenvalue weighted by Gasteiger charge is 2.30. The Morgan fingerprint density at radius 2 is 1.54 bits per heavy atom. The van der Waals surface area contributed by atoms with Crippen molar-refractivity contribution < 1.29 is 19.5 Å². The van der Waals surface area contributed by atoms with Gasteiger partial charge in [0.2, 0.25) is 5.91 Å². The molecule has 0 aliphatic rings. The molecule has 1 atom stereocenters. The zero-order valence-electron chi connectivity index (χ0n) is 13.0. The fraction of sp³-hybridized carbons (Fsp3) is 0.357. The minimum atomic E-state index is -1.16. The topological polar surface area (TPSA) is 122 Å². The summed E-state index contributed by atoms with van der Waals surface area (Å²) >= 11 is 5.59. The van der Waals surface area contributed by atoms with Crippen LogP contribution in [0, 0.1) is 16.6 Å². The van der Waals surface area contributed by atoms with Gasteiger partial charge in [0.05, 0.1) is 24.0 Å². The largest absolute Gasteiger partial charge is 0.478 e. The average molecular weight is 671 g/mol. The maximum Gasteiger partial charge on any atom is 0.337 e. The van der Waals surface area contributed by atoms with E-state index in [1.807, 2.05) is 67.8 Å². The van der Waals surface area contributed by atoms with Gasteiger partial charge in [-0.05, 0) is 73.7 Å². The first-order valence-electron chi connectivity index (χ1n) is 6.76.